The summed E-state index contributed by atoms with van der Waals surface area (Å²) in [4.78, 5) is 32.7. The van der Waals surface area contributed by atoms with Crippen LogP contribution in [0.1, 0.15) is 27.0 Å². The van der Waals surface area contributed by atoms with Gasteiger partial charge < -0.3 is 14.2 Å². The van der Waals surface area contributed by atoms with Crippen molar-refractivity contribution < 1.29 is 23.8 Å². The summed E-state index contributed by atoms with van der Waals surface area (Å²) >= 11 is 0. The lowest BCUT2D eigenvalue weighted by atomic mass is 10.1. The van der Waals surface area contributed by atoms with Gasteiger partial charge >= 0.3 is 11.9 Å². The molecule has 7 heteroatoms. The monoisotopic (exact) mass is 414 g/mol. The molecule has 1 aliphatic rings. The van der Waals surface area contributed by atoms with Crippen molar-refractivity contribution in [2.45, 2.75) is 6.92 Å². The molecule has 0 amide bonds. The first-order valence-electron chi connectivity index (χ1n) is 9.43. The Morgan fingerprint density at radius 1 is 1.06 bits per heavy atom. The van der Waals surface area contributed by atoms with E-state index in [1.807, 2.05) is 31.2 Å². The zero-order valence-corrected chi connectivity index (χ0v) is 16.9. The molecule has 7 nitrogen and oxygen atoms in total. The number of hydrogen-bond donors (Lipinski definition) is 0. The largest absolute Gasteiger partial charge is 0.493 e. The Morgan fingerprint density at radius 2 is 1.87 bits per heavy atom. The zero-order chi connectivity index (χ0) is 21.8. The van der Waals surface area contributed by atoms with Gasteiger partial charge in [-0.05, 0) is 55.0 Å². The van der Waals surface area contributed by atoms with Crippen LogP contribution in [-0.2, 0) is 9.53 Å². The molecule has 0 aliphatic carbocycles. The number of carbonyl (C=O) groups is 2. The van der Waals surface area contributed by atoms with Gasteiger partial charge in [0.15, 0.2) is 17.2 Å². The minimum Gasteiger partial charge on any atom is -0.493 e. The number of pyridine rings is 1. The van der Waals surface area contributed by atoms with E-state index in [0.29, 0.717) is 16.9 Å². The normalized spacial score (nSPS) is 14.2. The molecule has 154 valence electrons. The standard InChI is InChI=1S/C24H18N2O5/c1-15-5-8-17(9-6-15)22-26-19(24(28)31-22)12-16-7-10-20(21(13-16)29-2)30-23(27)18-4-3-11-25-14-18/h3-14H,1-2H3/b19-12-. The Bertz CT molecular complexity index is 1200. The second kappa shape index (κ2) is 8.62. The highest BCUT2D eigenvalue weighted by molar-refractivity contribution is 6.12. The number of hydrogen-bond acceptors (Lipinski definition) is 7. The molecule has 0 bridgehead atoms. The topological polar surface area (TPSA) is 87.1 Å². The lowest BCUT2D eigenvalue weighted by Gasteiger charge is -2.10. The van der Waals surface area contributed by atoms with Crippen LogP contribution in [0.2, 0.25) is 0 Å². The predicted octanol–water partition coefficient (Wildman–Crippen LogP) is 3.96. The molecule has 0 N–H and O–H groups in total. The van der Waals surface area contributed by atoms with Crippen LogP contribution in [-0.4, -0.2) is 29.9 Å². The van der Waals surface area contributed by atoms with Crippen molar-refractivity contribution in [3.63, 3.8) is 0 Å². The third kappa shape index (κ3) is 4.51. The van der Waals surface area contributed by atoms with Gasteiger partial charge in [-0.25, -0.2) is 14.6 Å². The van der Waals surface area contributed by atoms with E-state index in [0.717, 1.165) is 11.1 Å². The summed E-state index contributed by atoms with van der Waals surface area (Å²) < 4.78 is 16.0. The van der Waals surface area contributed by atoms with Crippen molar-refractivity contribution in [2.24, 2.45) is 4.99 Å². The number of benzene rings is 2. The lowest BCUT2D eigenvalue weighted by Crippen LogP contribution is -2.09. The van der Waals surface area contributed by atoms with Crippen molar-refractivity contribution in [3.05, 3.63) is 94.9 Å². The highest BCUT2D eigenvalue weighted by atomic mass is 16.6. The number of cyclic esters (lactones) is 1. The maximum atomic E-state index is 12.3. The van der Waals surface area contributed by atoms with Crippen molar-refractivity contribution >= 4 is 23.9 Å². The molecule has 3 aromatic rings. The lowest BCUT2D eigenvalue weighted by molar-refractivity contribution is -0.129. The highest BCUT2D eigenvalue weighted by Gasteiger charge is 2.24. The molecule has 0 atom stereocenters. The van der Waals surface area contributed by atoms with Gasteiger partial charge in [0, 0.05) is 18.0 Å². The third-order valence-corrected chi connectivity index (χ3v) is 4.51. The Hall–Kier alpha value is -4.26. The fraction of sp³-hybridized carbons (Fsp3) is 0.0833. The molecule has 1 aliphatic heterocycles. The van der Waals surface area contributed by atoms with Crippen molar-refractivity contribution in [1.29, 1.82) is 0 Å². The van der Waals surface area contributed by atoms with E-state index >= 15 is 0 Å². The van der Waals surface area contributed by atoms with E-state index in [1.165, 1.54) is 13.3 Å². The van der Waals surface area contributed by atoms with Crippen LogP contribution in [0.5, 0.6) is 11.5 Å². The molecule has 1 aromatic heterocycles. The molecule has 2 aromatic carbocycles. The first kappa shape index (κ1) is 20.0. The van der Waals surface area contributed by atoms with Crippen LogP contribution in [0.3, 0.4) is 0 Å². The van der Waals surface area contributed by atoms with Gasteiger partial charge in [-0.15, -0.1) is 0 Å². The molecule has 0 fully saturated rings. The molecule has 4 rings (SSSR count). The van der Waals surface area contributed by atoms with Crippen molar-refractivity contribution in [2.75, 3.05) is 7.11 Å². The molecule has 0 saturated carbocycles. The smallest absolute Gasteiger partial charge is 0.363 e. The number of aliphatic imine (C=N–C) groups is 1. The molecule has 0 unspecified atom stereocenters. The Labute approximate surface area is 178 Å². The van der Waals surface area contributed by atoms with Gasteiger partial charge in [0.25, 0.3) is 0 Å². The van der Waals surface area contributed by atoms with Gasteiger partial charge in [0.1, 0.15) is 0 Å². The van der Waals surface area contributed by atoms with Gasteiger partial charge in [-0.1, -0.05) is 23.8 Å². The summed E-state index contributed by atoms with van der Waals surface area (Å²) in [7, 11) is 1.46. The first-order valence-corrected chi connectivity index (χ1v) is 9.43. The van der Waals surface area contributed by atoms with Crippen LogP contribution in [0.15, 0.2) is 77.7 Å². The second-order valence-corrected chi connectivity index (χ2v) is 6.74. The fourth-order valence-corrected chi connectivity index (χ4v) is 2.89. The molecule has 0 spiro atoms. The minimum atomic E-state index is -0.552. The Morgan fingerprint density at radius 3 is 2.58 bits per heavy atom. The van der Waals surface area contributed by atoms with Crippen molar-refractivity contribution in [1.82, 2.24) is 4.98 Å². The number of aryl methyl sites for hydroxylation is 1. The average molecular weight is 414 g/mol. The SMILES string of the molecule is COc1cc(/C=C2\N=C(c3ccc(C)cc3)OC2=O)ccc1OC(=O)c1cccnc1. The molecule has 0 radical (unpaired) electrons. The van der Waals surface area contributed by atoms with Gasteiger partial charge in [-0.3, -0.25) is 4.98 Å². The number of carbonyl (C=O) groups excluding carboxylic acids is 2. The van der Waals surface area contributed by atoms with E-state index in [1.54, 1.807) is 42.6 Å². The fourth-order valence-electron chi connectivity index (χ4n) is 2.89. The van der Waals surface area contributed by atoms with Crippen LogP contribution < -0.4 is 9.47 Å². The van der Waals surface area contributed by atoms with Crippen LogP contribution in [0.4, 0.5) is 0 Å². The van der Waals surface area contributed by atoms with E-state index in [9.17, 15) is 9.59 Å². The summed E-state index contributed by atoms with van der Waals surface area (Å²) in [5.41, 5.74) is 2.94. The summed E-state index contributed by atoms with van der Waals surface area (Å²) in [5.74, 6) is -0.256. The first-order chi connectivity index (χ1) is 15.0. The number of rotatable bonds is 5. The van der Waals surface area contributed by atoms with E-state index < -0.39 is 11.9 Å². The molecule has 2 heterocycles. The molecule has 31 heavy (non-hydrogen) atoms. The van der Waals surface area contributed by atoms with Gasteiger partial charge in [0.05, 0.1) is 12.7 Å². The molecular weight excluding hydrogens is 396 g/mol. The number of nitrogens with zero attached hydrogens (tertiary/aromatic N) is 2. The molecule has 0 saturated heterocycles. The summed E-state index contributed by atoms with van der Waals surface area (Å²) in [6.45, 7) is 1.97. The maximum absolute atomic E-state index is 12.3. The van der Waals surface area contributed by atoms with Gasteiger partial charge in [-0.2, -0.15) is 0 Å². The number of aromatic nitrogens is 1. The quantitative estimate of drug-likeness (QED) is 0.357. The van der Waals surface area contributed by atoms with E-state index in [-0.39, 0.29) is 17.3 Å². The van der Waals surface area contributed by atoms with E-state index in [2.05, 4.69) is 9.98 Å². The van der Waals surface area contributed by atoms with E-state index in [4.69, 9.17) is 14.2 Å². The van der Waals surface area contributed by atoms with Crippen molar-refractivity contribution in [3.8, 4) is 11.5 Å². The molecular formula is C24H18N2O5. The Kier molecular flexibility index (Phi) is 5.57. The van der Waals surface area contributed by atoms with Crippen LogP contribution in [0, 0.1) is 6.92 Å². The number of esters is 2. The van der Waals surface area contributed by atoms with Gasteiger partial charge in [0.2, 0.25) is 5.90 Å². The predicted molar refractivity (Wildman–Crippen MR) is 114 cm³/mol. The third-order valence-electron chi connectivity index (χ3n) is 4.51. The summed E-state index contributed by atoms with van der Waals surface area (Å²) in [6, 6.07) is 15.7. The Balaban J connectivity index is 1.57. The minimum absolute atomic E-state index is 0.165. The number of methoxy groups -OCH3 is 1. The number of ether oxygens (including phenoxy) is 3. The summed E-state index contributed by atoms with van der Waals surface area (Å²) in [6.07, 6.45) is 4.57. The summed E-state index contributed by atoms with van der Waals surface area (Å²) in [5, 5.41) is 0. The van der Waals surface area contributed by atoms with Crippen LogP contribution >= 0.6 is 0 Å². The average Bonchev–Trinajstić information content (AvgIpc) is 3.15. The highest BCUT2D eigenvalue weighted by Crippen LogP contribution is 2.30. The maximum Gasteiger partial charge on any atom is 0.363 e. The second-order valence-electron chi connectivity index (χ2n) is 6.74. The zero-order valence-electron chi connectivity index (χ0n) is 16.9. The van der Waals surface area contributed by atoms with Crippen LogP contribution in [0.25, 0.3) is 6.08 Å².